The van der Waals surface area contributed by atoms with Gasteiger partial charge in [-0.05, 0) is 22.0 Å². The third-order valence-corrected chi connectivity index (χ3v) is 3.20. The molecule has 0 fully saturated rings. The molecule has 0 saturated heterocycles. The average Bonchev–Trinajstić information content (AvgIpc) is 2.60. The molecular formula is C15H22N2. The molecule has 2 nitrogen and oxygen atoms in total. The Bertz CT molecular complexity index is 488. The molecule has 0 unspecified atom stereocenters. The first-order valence-electron chi connectivity index (χ1n) is 6.18. The number of H-pyrrole nitrogens is 1. The number of hydrogen-bond donors (Lipinski definition) is 1. The predicted octanol–water partition coefficient (Wildman–Crippen LogP) is 4.16. The van der Waals surface area contributed by atoms with Crippen LogP contribution in [0.4, 0.5) is 0 Å². The van der Waals surface area contributed by atoms with Crippen molar-refractivity contribution in [2.24, 2.45) is 0 Å². The summed E-state index contributed by atoms with van der Waals surface area (Å²) in [4.78, 5) is 7.80. The number of nitrogens with one attached hydrogen (secondary N) is 1. The lowest BCUT2D eigenvalue weighted by molar-refractivity contribution is 0.584. The van der Waals surface area contributed by atoms with Gasteiger partial charge in [0.15, 0.2) is 0 Å². The van der Waals surface area contributed by atoms with E-state index in [1.807, 2.05) is 0 Å². The van der Waals surface area contributed by atoms with Gasteiger partial charge in [0.05, 0.1) is 17.4 Å². The Morgan fingerprint density at radius 1 is 0.882 bits per heavy atom. The smallest absolute Gasteiger partial charge is 0.0932 e. The molecule has 0 atom stereocenters. The van der Waals surface area contributed by atoms with Crippen molar-refractivity contribution in [3.05, 3.63) is 29.6 Å². The van der Waals surface area contributed by atoms with Gasteiger partial charge < -0.3 is 4.98 Å². The summed E-state index contributed by atoms with van der Waals surface area (Å²) in [7, 11) is 0. The van der Waals surface area contributed by atoms with E-state index in [0.717, 1.165) is 5.52 Å². The summed E-state index contributed by atoms with van der Waals surface area (Å²) < 4.78 is 0. The van der Waals surface area contributed by atoms with Crippen molar-refractivity contribution in [3.8, 4) is 0 Å². The minimum atomic E-state index is 0.129. The van der Waals surface area contributed by atoms with Crippen LogP contribution in [0.3, 0.4) is 0 Å². The predicted molar refractivity (Wildman–Crippen MR) is 73.5 cm³/mol. The van der Waals surface area contributed by atoms with E-state index in [9.17, 15) is 0 Å². The highest BCUT2D eigenvalue weighted by atomic mass is 14.9. The molecule has 0 aliphatic heterocycles. The van der Waals surface area contributed by atoms with Crippen LogP contribution in [-0.4, -0.2) is 9.97 Å². The van der Waals surface area contributed by atoms with Crippen LogP contribution in [0.1, 0.15) is 52.7 Å². The summed E-state index contributed by atoms with van der Waals surface area (Å²) >= 11 is 0. The van der Waals surface area contributed by atoms with E-state index < -0.39 is 0 Å². The molecular weight excluding hydrogens is 208 g/mol. The second kappa shape index (κ2) is 3.59. The first-order valence-corrected chi connectivity index (χ1v) is 6.18. The zero-order chi connectivity index (χ0) is 12.8. The van der Waals surface area contributed by atoms with Gasteiger partial charge in [-0.15, -0.1) is 0 Å². The SMILES string of the molecule is CC(C)(C)c1ccc(C(C)(C)C)c2[nH]cnc12. The minimum Gasteiger partial charge on any atom is -0.344 e. The summed E-state index contributed by atoms with van der Waals surface area (Å²) in [6, 6.07) is 4.46. The van der Waals surface area contributed by atoms with Crippen molar-refractivity contribution in [3.63, 3.8) is 0 Å². The molecule has 0 aliphatic carbocycles. The fourth-order valence-corrected chi connectivity index (χ4v) is 2.26. The standard InChI is InChI=1S/C15H22N2/c1-14(2,3)10-7-8-11(15(4,5)6)13-12(10)16-9-17-13/h7-9H,1-6H3,(H,16,17). The number of imidazole rings is 1. The maximum absolute atomic E-state index is 4.50. The largest absolute Gasteiger partial charge is 0.344 e. The van der Waals surface area contributed by atoms with E-state index >= 15 is 0 Å². The first-order chi connectivity index (χ1) is 7.71. The van der Waals surface area contributed by atoms with E-state index in [0.29, 0.717) is 0 Å². The lowest BCUT2D eigenvalue weighted by Gasteiger charge is -2.24. The summed E-state index contributed by atoms with van der Waals surface area (Å²) in [5.41, 5.74) is 5.21. The second-order valence-corrected chi connectivity index (χ2v) is 6.79. The third kappa shape index (κ3) is 2.08. The van der Waals surface area contributed by atoms with Gasteiger partial charge in [-0.3, -0.25) is 0 Å². The van der Waals surface area contributed by atoms with Crippen molar-refractivity contribution >= 4 is 11.0 Å². The van der Waals surface area contributed by atoms with Crippen molar-refractivity contribution < 1.29 is 0 Å². The van der Waals surface area contributed by atoms with Gasteiger partial charge >= 0.3 is 0 Å². The number of benzene rings is 1. The van der Waals surface area contributed by atoms with Crippen molar-refractivity contribution in [1.82, 2.24) is 9.97 Å². The highest BCUT2D eigenvalue weighted by Gasteiger charge is 2.23. The van der Waals surface area contributed by atoms with Crippen molar-refractivity contribution in [2.75, 3.05) is 0 Å². The van der Waals surface area contributed by atoms with Crippen molar-refractivity contribution in [1.29, 1.82) is 0 Å². The third-order valence-electron chi connectivity index (χ3n) is 3.20. The first kappa shape index (κ1) is 12.2. The van der Waals surface area contributed by atoms with Gasteiger partial charge in [-0.1, -0.05) is 53.7 Å². The summed E-state index contributed by atoms with van der Waals surface area (Å²) in [6.45, 7) is 13.4. The minimum absolute atomic E-state index is 0.129. The normalized spacial score (nSPS) is 13.3. The van der Waals surface area contributed by atoms with E-state index in [1.165, 1.54) is 16.6 Å². The van der Waals surface area contributed by atoms with Crippen LogP contribution >= 0.6 is 0 Å². The molecule has 0 radical (unpaired) electrons. The lowest BCUT2D eigenvalue weighted by Crippen LogP contribution is -2.16. The molecule has 0 spiro atoms. The van der Waals surface area contributed by atoms with Crippen LogP contribution in [0, 0.1) is 0 Å². The number of rotatable bonds is 0. The Kier molecular flexibility index (Phi) is 2.57. The van der Waals surface area contributed by atoms with Gasteiger partial charge in [-0.2, -0.15) is 0 Å². The zero-order valence-electron chi connectivity index (χ0n) is 11.7. The highest BCUT2D eigenvalue weighted by Crippen LogP contribution is 2.34. The summed E-state index contributed by atoms with van der Waals surface area (Å²) in [5.74, 6) is 0. The Morgan fingerprint density at radius 2 is 1.41 bits per heavy atom. The molecule has 1 N–H and O–H groups in total. The molecule has 0 aliphatic rings. The molecule has 1 aromatic carbocycles. The second-order valence-electron chi connectivity index (χ2n) is 6.79. The lowest BCUT2D eigenvalue weighted by atomic mass is 9.81. The summed E-state index contributed by atoms with van der Waals surface area (Å²) in [5, 5.41) is 0. The van der Waals surface area contributed by atoms with Crippen LogP contribution in [0.15, 0.2) is 18.5 Å². The number of nitrogens with zero attached hydrogens (tertiary/aromatic N) is 1. The van der Waals surface area contributed by atoms with Crippen LogP contribution < -0.4 is 0 Å². The van der Waals surface area contributed by atoms with Crippen LogP contribution in [0.25, 0.3) is 11.0 Å². The van der Waals surface area contributed by atoms with Crippen LogP contribution in [0.5, 0.6) is 0 Å². The van der Waals surface area contributed by atoms with Gasteiger partial charge in [-0.25, -0.2) is 4.98 Å². The van der Waals surface area contributed by atoms with Gasteiger partial charge in [0.2, 0.25) is 0 Å². The van der Waals surface area contributed by atoms with Crippen LogP contribution in [0.2, 0.25) is 0 Å². The Labute approximate surface area is 103 Å². The molecule has 17 heavy (non-hydrogen) atoms. The molecule has 0 amide bonds. The molecule has 2 aromatic rings. The van der Waals surface area contributed by atoms with E-state index in [4.69, 9.17) is 0 Å². The Hall–Kier alpha value is -1.31. The van der Waals surface area contributed by atoms with E-state index in [1.54, 1.807) is 6.33 Å². The van der Waals surface area contributed by atoms with Crippen LogP contribution in [-0.2, 0) is 10.8 Å². The number of aromatic amines is 1. The van der Waals surface area contributed by atoms with Crippen molar-refractivity contribution in [2.45, 2.75) is 52.4 Å². The fourth-order valence-electron chi connectivity index (χ4n) is 2.26. The van der Waals surface area contributed by atoms with Gasteiger partial charge in [0, 0.05) is 0 Å². The highest BCUT2D eigenvalue weighted by molar-refractivity contribution is 5.83. The molecule has 0 bridgehead atoms. The van der Waals surface area contributed by atoms with E-state index in [-0.39, 0.29) is 10.8 Å². The maximum atomic E-state index is 4.50. The fraction of sp³-hybridized carbons (Fsp3) is 0.533. The molecule has 2 heteroatoms. The zero-order valence-corrected chi connectivity index (χ0v) is 11.7. The molecule has 1 aromatic heterocycles. The molecule has 1 heterocycles. The number of fused-ring (bicyclic) bond motifs is 1. The maximum Gasteiger partial charge on any atom is 0.0932 e. The quantitative estimate of drug-likeness (QED) is 0.723. The van der Waals surface area contributed by atoms with Gasteiger partial charge in [0.1, 0.15) is 0 Å². The number of aromatic nitrogens is 2. The monoisotopic (exact) mass is 230 g/mol. The van der Waals surface area contributed by atoms with E-state index in [2.05, 4.69) is 63.6 Å². The average molecular weight is 230 g/mol. The van der Waals surface area contributed by atoms with Gasteiger partial charge in [0.25, 0.3) is 0 Å². The topological polar surface area (TPSA) is 28.7 Å². The molecule has 0 saturated carbocycles. The number of hydrogen-bond acceptors (Lipinski definition) is 1. The molecule has 92 valence electrons. The Morgan fingerprint density at radius 3 is 1.94 bits per heavy atom. The summed E-state index contributed by atoms with van der Waals surface area (Å²) in [6.07, 6.45) is 1.80. The molecule has 2 rings (SSSR count). The Balaban J connectivity index is 2.76.